The lowest BCUT2D eigenvalue weighted by atomic mass is 9.50. The second kappa shape index (κ2) is 28.6. The van der Waals surface area contributed by atoms with E-state index in [-0.39, 0.29) is 0 Å². The molecule has 10 aliphatic carbocycles. The van der Waals surface area contributed by atoms with E-state index in [1.807, 2.05) is 13.8 Å². The fourth-order valence-electron chi connectivity index (χ4n) is 11.2. The van der Waals surface area contributed by atoms with Crippen molar-refractivity contribution in [1.82, 2.24) is 0 Å². The van der Waals surface area contributed by atoms with E-state index >= 15 is 0 Å². The van der Waals surface area contributed by atoms with Crippen LogP contribution in [0.15, 0.2) is 0 Å². The highest BCUT2D eigenvalue weighted by Crippen LogP contribution is 2.60. The van der Waals surface area contributed by atoms with Crippen molar-refractivity contribution in [2.75, 3.05) is 0 Å². The SMILES string of the molecule is CC.CC(C)(C)C.CC(C)C.CC12CC3CC(CC(C3)C1)C2.CC1C2CC3CC(C2)CC1C3.CC1CCCC1.CC1CCCCC1.CCC(C)(C)C.CCC(C)(C)C. The molecule has 8 bridgehead atoms. The predicted octanol–water partition coefficient (Wildman–Crippen LogP) is 20.7. The van der Waals surface area contributed by atoms with Gasteiger partial charge in [0.1, 0.15) is 0 Å². The van der Waals surface area contributed by atoms with Crippen molar-refractivity contribution in [2.24, 2.45) is 86.8 Å². The Labute approximate surface area is 372 Å². The van der Waals surface area contributed by atoms with E-state index in [1.165, 1.54) is 70.6 Å². The van der Waals surface area contributed by atoms with Gasteiger partial charge >= 0.3 is 0 Å². The Balaban J connectivity index is 0.000000654. The molecule has 0 radical (unpaired) electrons. The summed E-state index contributed by atoms with van der Waals surface area (Å²) in [6.45, 7) is 46.9. The Morgan fingerprint density at radius 1 is 0.448 bits per heavy atom. The Morgan fingerprint density at radius 2 is 0.672 bits per heavy atom. The van der Waals surface area contributed by atoms with E-state index < -0.39 is 0 Å². The molecule has 10 rings (SSSR count). The molecule has 10 fully saturated rings. The van der Waals surface area contributed by atoms with Crippen LogP contribution in [0.25, 0.3) is 0 Å². The average molecular weight is 816 g/mol. The van der Waals surface area contributed by atoms with Gasteiger partial charge in [-0.25, -0.2) is 0 Å². The first-order valence-electron chi connectivity index (χ1n) is 26.7. The Hall–Kier alpha value is 0. The van der Waals surface area contributed by atoms with Gasteiger partial charge in [-0.1, -0.05) is 216 Å². The Morgan fingerprint density at radius 3 is 0.845 bits per heavy atom. The molecule has 0 aromatic carbocycles. The Kier molecular flexibility index (Phi) is 28.6. The van der Waals surface area contributed by atoms with Gasteiger partial charge in [-0.15, -0.1) is 0 Å². The van der Waals surface area contributed by atoms with Gasteiger partial charge in [0.25, 0.3) is 0 Å². The highest BCUT2D eigenvalue weighted by Gasteiger charge is 2.48. The van der Waals surface area contributed by atoms with Crippen LogP contribution in [0.4, 0.5) is 0 Å². The van der Waals surface area contributed by atoms with Gasteiger partial charge in [-0.3, -0.25) is 0 Å². The summed E-state index contributed by atoms with van der Waals surface area (Å²) in [7, 11) is 0. The molecule has 0 N–H and O–H groups in total. The van der Waals surface area contributed by atoms with Gasteiger partial charge in [-0.2, -0.15) is 0 Å². The molecule has 0 nitrogen and oxygen atoms in total. The summed E-state index contributed by atoms with van der Waals surface area (Å²) in [6.07, 6.45) is 33.4. The third kappa shape index (κ3) is 29.3. The summed E-state index contributed by atoms with van der Waals surface area (Å²) in [5.74, 6) is 12.0. The summed E-state index contributed by atoms with van der Waals surface area (Å²) in [5.41, 5.74) is 2.38. The van der Waals surface area contributed by atoms with Crippen LogP contribution >= 0.6 is 0 Å². The lowest BCUT2D eigenvalue weighted by molar-refractivity contribution is -0.0411. The lowest BCUT2D eigenvalue weighted by Gasteiger charge is -2.55. The summed E-state index contributed by atoms with van der Waals surface area (Å²) in [4.78, 5) is 0. The van der Waals surface area contributed by atoms with Gasteiger partial charge in [0, 0.05) is 0 Å². The van der Waals surface area contributed by atoms with E-state index in [1.54, 1.807) is 70.6 Å². The van der Waals surface area contributed by atoms with Crippen LogP contribution in [-0.2, 0) is 0 Å². The zero-order chi connectivity index (χ0) is 44.9. The molecule has 0 aliphatic heterocycles. The van der Waals surface area contributed by atoms with Gasteiger partial charge in [0.2, 0.25) is 0 Å². The zero-order valence-corrected chi connectivity index (χ0v) is 44.9. The quantitative estimate of drug-likeness (QED) is 0.229. The minimum Gasteiger partial charge on any atom is -0.0683 e. The van der Waals surface area contributed by atoms with Crippen LogP contribution in [0.2, 0.25) is 0 Å². The second-order valence-electron chi connectivity index (χ2n) is 26.7. The minimum absolute atomic E-state index is 0.500. The van der Waals surface area contributed by atoms with Gasteiger partial charge in [0.05, 0.1) is 0 Å². The van der Waals surface area contributed by atoms with Crippen molar-refractivity contribution < 1.29 is 0 Å². The highest BCUT2D eigenvalue weighted by atomic mass is 14.5. The summed E-state index contributed by atoms with van der Waals surface area (Å²) < 4.78 is 0. The van der Waals surface area contributed by atoms with Crippen LogP contribution in [-0.4, -0.2) is 0 Å². The maximum Gasteiger partial charge on any atom is -0.0318 e. The normalized spacial score (nSPS) is 32.8. The molecule has 0 unspecified atom stereocenters. The van der Waals surface area contributed by atoms with Crippen molar-refractivity contribution >= 4 is 0 Å². The fourth-order valence-corrected chi connectivity index (χ4v) is 11.2. The maximum atomic E-state index is 2.54. The van der Waals surface area contributed by atoms with Gasteiger partial charge < -0.3 is 0 Å². The van der Waals surface area contributed by atoms with Crippen molar-refractivity contribution in [1.29, 1.82) is 0 Å². The van der Waals surface area contributed by atoms with Crippen LogP contribution in [0, 0.1) is 86.8 Å². The molecule has 0 heterocycles. The van der Waals surface area contributed by atoms with Crippen molar-refractivity contribution in [3.63, 3.8) is 0 Å². The fraction of sp³-hybridized carbons (Fsp3) is 1.00. The van der Waals surface area contributed by atoms with E-state index in [2.05, 4.69) is 132 Å². The molecule has 350 valence electrons. The first kappa shape index (κ1) is 58.0. The molecule has 0 aromatic rings. The Bertz CT molecular complexity index is 861. The molecule has 10 saturated carbocycles. The number of hydrogen-bond donors (Lipinski definition) is 0. The minimum atomic E-state index is 0.500. The van der Waals surface area contributed by atoms with Crippen LogP contribution in [0.1, 0.15) is 287 Å². The lowest BCUT2D eigenvalue weighted by Crippen LogP contribution is -2.44. The summed E-state index contributed by atoms with van der Waals surface area (Å²) in [5, 5.41) is 0. The average Bonchev–Trinajstić information content (AvgIpc) is 3.57. The van der Waals surface area contributed by atoms with Crippen molar-refractivity contribution in [2.45, 2.75) is 287 Å². The molecular weight excluding hydrogens is 697 g/mol. The maximum absolute atomic E-state index is 2.54. The third-order valence-corrected chi connectivity index (χ3v) is 14.7. The molecule has 0 spiro atoms. The van der Waals surface area contributed by atoms with Crippen molar-refractivity contribution in [3.05, 3.63) is 0 Å². The monoisotopic (exact) mass is 815 g/mol. The third-order valence-electron chi connectivity index (χ3n) is 14.7. The van der Waals surface area contributed by atoms with Gasteiger partial charge in [0.15, 0.2) is 0 Å². The van der Waals surface area contributed by atoms with Crippen molar-refractivity contribution in [3.8, 4) is 0 Å². The van der Waals surface area contributed by atoms with Gasteiger partial charge in [-0.05, 0) is 157 Å². The molecule has 10 aliphatic rings. The number of rotatable bonds is 0. The smallest absolute Gasteiger partial charge is 0.0318 e. The first-order chi connectivity index (χ1) is 26.7. The van der Waals surface area contributed by atoms with E-state index in [0.29, 0.717) is 16.2 Å². The van der Waals surface area contributed by atoms with Crippen LogP contribution < -0.4 is 0 Å². The molecule has 0 heteroatoms. The van der Waals surface area contributed by atoms with Crippen LogP contribution in [0.5, 0.6) is 0 Å². The predicted molar refractivity (Wildman–Crippen MR) is 269 cm³/mol. The molecule has 0 aromatic heterocycles. The second-order valence-corrected chi connectivity index (χ2v) is 26.7. The van der Waals surface area contributed by atoms with E-state index in [0.717, 1.165) is 70.5 Å². The highest BCUT2D eigenvalue weighted by molar-refractivity contribution is 4.99. The molecular formula is C58H118. The first-order valence-corrected chi connectivity index (χ1v) is 26.7. The van der Waals surface area contributed by atoms with Crippen LogP contribution in [0.3, 0.4) is 0 Å². The zero-order valence-electron chi connectivity index (χ0n) is 44.9. The molecule has 0 amide bonds. The number of hydrogen-bond acceptors (Lipinski definition) is 0. The summed E-state index contributed by atoms with van der Waals surface area (Å²) >= 11 is 0. The summed E-state index contributed by atoms with van der Waals surface area (Å²) in [6, 6.07) is 0. The topological polar surface area (TPSA) is 0 Å². The molecule has 58 heavy (non-hydrogen) atoms. The largest absolute Gasteiger partial charge is 0.0683 e. The van der Waals surface area contributed by atoms with E-state index in [4.69, 9.17) is 0 Å². The molecule has 0 atom stereocenters. The standard InChI is InChI=1S/2C11H18.C7H14.C6H12.2C6H14.C5H12.C4H10.C2H6/c1-11-5-8-2-9(6-11)4-10(3-8)7-11;1-7-10-3-8-2-9(5-10)6-11(7)4-8;1-7-5-3-2-4-6-7;1-6-4-2-3-5-6;2*1-5-6(2,3)4;1-5(2,3)4;1-4(2)3;1-2/h8-10H,2-7H2,1H3;7-11H,2-6H2,1H3;7H,2-6H2,1H3;6H,2-5H2,1H3;2*5H2,1-4H3;1-4H3;4H,1-3H3;1-2H3. The molecule has 0 saturated heterocycles. The van der Waals surface area contributed by atoms with E-state index in [9.17, 15) is 0 Å².